The molecule has 0 spiro atoms. The Morgan fingerprint density at radius 2 is 1.70 bits per heavy atom. The molecule has 10 nitrogen and oxygen atoms in total. The van der Waals surface area contributed by atoms with Gasteiger partial charge in [0.25, 0.3) is 10.0 Å². The van der Waals surface area contributed by atoms with Crippen LogP contribution in [0, 0.1) is 25.7 Å². The summed E-state index contributed by atoms with van der Waals surface area (Å²) < 4.78 is 37.9. The summed E-state index contributed by atoms with van der Waals surface area (Å²) in [4.78, 5) is 24.1. The Hall–Kier alpha value is -3.18. The molecule has 2 aromatic rings. The zero-order valence-corrected chi connectivity index (χ0v) is 16.8. The van der Waals surface area contributed by atoms with Crippen LogP contribution in [0.1, 0.15) is 11.3 Å². The van der Waals surface area contributed by atoms with E-state index in [1.807, 2.05) is 0 Å². The lowest BCUT2D eigenvalue weighted by Gasteiger charge is -2.21. The molecule has 11 heteroatoms. The smallest absolute Gasteiger partial charge is 0.310 e. The Morgan fingerprint density at radius 1 is 1.07 bits per heavy atom. The second kappa shape index (κ2) is 7.26. The normalized spacial score (nSPS) is 24.7. The van der Waals surface area contributed by atoms with Gasteiger partial charge < -0.3 is 19.7 Å². The van der Waals surface area contributed by atoms with E-state index in [2.05, 4.69) is 15.2 Å². The Bertz CT molecular complexity index is 1140. The molecular weight excluding hydrogens is 414 g/mol. The van der Waals surface area contributed by atoms with Crippen LogP contribution in [0.25, 0.3) is 0 Å². The number of ether oxygens (including phenoxy) is 1. The number of carboxylic acids is 1. The van der Waals surface area contributed by atoms with Crippen molar-refractivity contribution in [1.82, 2.24) is 5.16 Å². The number of carbonyl (C=O) groups is 2. The maximum atomic E-state index is 12.6. The minimum atomic E-state index is -3.91. The number of aliphatic carboxylic acids is 1. The average molecular weight is 433 g/mol. The van der Waals surface area contributed by atoms with Gasteiger partial charge in [-0.1, -0.05) is 17.3 Å². The molecule has 30 heavy (non-hydrogen) atoms. The molecule has 0 aliphatic carbocycles. The predicted octanol–water partition coefficient (Wildman–Crippen LogP) is 1.68. The SMILES string of the molecule is Cc1noc(NS(=O)(=O)c2ccc(NC(=O)[C@@H]3[C@@H](C(=O)O)[C@@H]4C=C[C@H]3O4)cc2)c1C. The molecule has 3 heterocycles. The Labute approximate surface area is 171 Å². The molecule has 158 valence electrons. The maximum absolute atomic E-state index is 12.6. The van der Waals surface area contributed by atoms with Crippen molar-refractivity contribution in [3.05, 3.63) is 47.7 Å². The number of nitrogens with zero attached hydrogens (tertiary/aromatic N) is 1. The summed E-state index contributed by atoms with van der Waals surface area (Å²) in [5.41, 5.74) is 1.49. The van der Waals surface area contributed by atoms with Crippen molar-refractivity contribution < 1.29 is 32.4 Å². The number of rotatable bonds is 6. The number of amides is 1. The highest BCUT2D eigenvalue weighted by atomic mass is 32.2. The van der Waals surface area contributed by atoms with Gasteiger partial charge in [0.05, 0.1) is 28.7 Å². The number of carboxylic acid groups (broad SMARTS) is 1. The van der Waals surface area contributed by atoms with Gasteiger partial charge in [0.2, 0.25) is 11.8 Å². The number of nitrogens with one attached hydrogen (secondary N) is 2. The highest BCUT2D eigenvalue weighted by Gasteiger charge is 2.53. The summed E-state index contributed by atoms with van der Waals surface area (Å²) in [6.45, 7) is 3.38. The summed E-state index contributed by atoms with van der Waals surface area (Å²) >= 11 is 0. The third-order valence-electron chi connectivity index (χ3n) is 5.30. The standard InChI is InChI=1S/C19H19N3O7S/c1-9-10(2)21-29-18(9)22-30(26,27)12-5-3-11(4-6-12)20-17(23)15-13-7-8-14(28-13)16(15)19(24)25/h3-8,13-16,22H,1-2H3,(H,20,23)(H,24,25)/t13-,14+,15+,16+/m1/s1. The van der Waals surface area contributed by atoms with Crippen molar-refractivity contribution in [2.45, 2.75) is 31.0 Å². The number of carbonyl (C=O) groups excluding carboxylic acids is 1. The largest absolute Gasteiger partial charge is 0.481 e. The fourth-order valence-electron chi connectivity index (χ4n) is 3.55. The van der Waals surface area contributed by atoms with Crippen LogP contribution in [0.15, 0.2) is 45.8 Å². The molecule has 2 aliphatic heterocycles. The molecule has 0 radical (unpaired) electrons. The molecule has 2 aliphatic rings. The van der Waals surface area contributed by atoms with Crippen molar-refractivity contribution in [3.63, 3.8) is 0 Å². The quantitative estimate of drug-likeness (QED) is 0.583. The molecule has 1 aromatic carbocycles. The van der Waals surface area contributed by atoms with Crippen molar-refractivity contribution in [2.24, 2.45) is 11.8 Å². The van der Waals surface area contributed by atoms with Gasteiger partial charge in [-0.2, -0.15) is 0 Å². The van der Waals surface area contributed by atoms with E-state index in [-0.39, 0.29) is 10.8 Å². The van der Waals surface area contributed by atoms with Crippen LogP contribution < -0.4 is 10.0 Å². The van der Waals surface area contributed by atoms with Gasteiger partial charge in [-0.05, 0) is 38.1 Å². The van der Waals surface area contributed by atoms with Crippen molar-refractivity contribution in [3.8, 4) is 0 Å². The zero-order valence-electron chi connectivity index (χ0n) is 16.0. The van der Waals surface area contributed by atoms with E-state index in [0.717, 1.165) is 0 Å². The average Bonchev–Trinajstić information content (AvgIpc) is 3.39. The second-order valence-corrected chi connectivity index (χ2v) is 8.86. The summed E-state index contributed by atoms with van der Waals surface area (Å²) in [6, 6.07) is 5.49. The number of benzene rings is 1. The number of sulfonamides is 1. The van der Waals surface area contributed by atoms with E-state index in [1.54, 1.807) is 26.0 Å². The van der Waals surface area contributed by atoms with E-state index in [9.17, 15) is 23.1 Å². The lowest BCUT2D eigenvalue weighted by Crippen LogP contribution is -2.39. The van der Waals surface area contributed by atoms with E-state index < -0.39 is 45.9 Å². The maximum Gasteiger partial charge on any atom is 0.310 e. The van der Waals surface area contributed by atoms with Crippen LogP contribution in [-0.4, -0.2) is 42.8 Å². The molecule has 4 atom stereocenters. The minimum Gasteiger partial charge on any atom is -0.481 e. The van der Waals surface area contributed by atoms with E-state index in [0.29, 0.717) is 16.9 Å². The topological polar surface area (TPSA) is 148 Å². The highest BCUT2D eigenvalue weighted by Crippen LogP contribution is 2.39. The summed E-state index contributed by atoms with van der Waals surface area (Å²) in [6.07, 6.45) is 2.12. The van der Waals surface area contributed by atoms with Crippen LogP contribution in [-0.2, 0) is 24.3 Å². The summed E-state index contributed by atoms with van der Waals surface area (Å²) in [7, 11) is -3.91. The Morgan fingerprint density at radius 3 is 2.27 bits per heavy atom. The minimum absolute atomic E-state index is 0.0360. The van der Waals surface area contributed by atoms with Crippen molar-refractivity contribution in [2.75, 3.05) is 10.0 Å². The monoisotopic (exact) mass is 433 g/mol. The number of hydrogen-bond donors (Lipinski definition) is 3. The van der Waals surface area contributed by atoms with Gasteiger partial charge in [-0.15, -0.1) is 0 Å². The van der Waals surface area contributed by atoms with Crippen LogP contribution >= 0.6 is 0 Å². The molecule has 0 saturated carbocycles. The van der Waals surface area contributed by atoms with Crippen LogP contribution in [0.2, 0.25) is 0 Å². The number of aryl methyl sites for hydroxylation is 1. The molecule has 1 aromatic heterocycles. The Balaban J connectivity index is 1.47. The molecule has 3 N–H and O–H groups in total. The van der Waals surface area contributed by atoms with Gasteiger partial charge in [0.1, 0.15) is 5.92 Å². The number of fused-ring (bicyclic) bond motifs is 2. The van der Waals surface area contributed by atoms with Crippen LogP contribution in [0.5, 0.6) is 0 Å². The zero-order chi connectivity index (χ0) is 21.6. The van der Waals surface area contributed by atoms with Crippen LogP contribution in [0.4, 0.5) is 11.6 Å². The van der Waals surface area contributed by atoms with Crippen molar-refractivity contribution in [1.29, 1.82) is 0 Å². The molecule has 0 unspecified atom stereocenters. The van der Waals surface area contributed by atoms with Gasteiger partial charge in [-0.25, -0.2) is 13.1 Å². The van der Waals surface area contributed by atoms with Gasteiger partial charge in [0.15, 0.2) is 0 Å². The first-order valence-corrected chi connectivity index (χ1v) is 10.6. The van der Waals surface area contributed by atoms with E-state index in [4.69, 9.17) is 9.26 Å². The molecule has 2 bridgehead atoms. The number of hydrogen-bond acceptors (Lipinski definition) is 7. The molecule has 1 saturated heterocycles. The summed E-state index contributed by atoms with van der Waals surface area (Å²) in [5.74, 6) is -3.38. The number of anilines is 2. The first kappa shape index (κ1) is 20.1. The third-order valence-corrected chi connectivity index (χ3v) is 6.65. The Kier molecular flexibility index (Phi) is 4.86. The summed E-state index contributed by atoms with van der Waals surface area (Å²) in [5, 5.41) is 15.8. The van der Waals surface area contributed by atoms with E-state index in [1.165, 1.54) is 24.3 Å². The van der Waals surface area contributed by atoms with Gasteiger partial charge in [-0.3, -0.25) is 9.59 Å². The lowest BCUT2D eigenvalue weighted by molar-refractivity contribution is -0.145. The predicted molar refractivity (Wildman–Crippen MR) is 104 cm³/mol. The van der Waals surface area contributed by atoms with Crippen molar-refractivity contribution >= 4 is 33.5 Å². The first-order valence-electron chi connectivity index (χ1n) is 9.10. The fraction of sp³-hybridized carbons (Fsp3) is 0.316. The fourth-order valence-corrected chi connectivity index (χ4v) is 4.60. The highest BCUT2D eigenvalue weighted by molar-refractivity contribution is 7.92. The van der Waals surface area contributed by atoms with Gasteiger partial charge in [0, 0.05) is 11.3 Å². The molecular formula is C19H19N3O7S. The van der Waals surface area contributed by atoms with E-state index >= 15 is 0 Å². The third kappa shape index (κ3) is 3.46. The number of aromatic nitrogens is 1. The first-order chi connectivity index (χ1) is 14.2. The van der Waals surface area contributed by atoms with Crippen LogP contribution in [0.3, 0.4) is 0 Å². The molecule has 4 rings (SSSR count). The lowest BCUT2D eigenvalue weighted by atomic mass is 9.82. The van der Waals surface area contributed by atoms with Gasteiger partial charge >= 0.3 is 5.97 Å². The molecule has 1 fully saturated rings. The molecule has 1 amide bonds. The second-order valence-electron chi connectivity index (χ2n) is 7.18.